The first kappa shape index (κ1) is 19.2. The third-order valence-electron chi connectivity index (χ3n) is 3.80. The third-order valence-corrected chi connectivity index (χ3v) is 4.47. The van der Waals surface area contributed by atoms with Crippen LogP contribution in [0.2, 0.25) is 0 Å². The molecular weight excluding hydrogens is 470 g/mol. The Bertz CT molecular complexity index is 1010. The van der Waals surface area contributed by atoms with Gasteiger partial charge in [0.25, 0.3) is 0 Å². The molecule has 3 nitrogen and oxygen atoms in total. The van der Waals surface area contributed by atoms with E-state index >= 15 is 0 Å². The van der Waals surface area contributed by atoms with E-state index in [9.17, 15) is 18.0 Å². The van der Waals surface area contributed by atoms with E-state index in [1.54, 1.807) is 6.07 Å². The van der Waals surface area contributed by atoms with Crippen molar-refractivity contribution in [1.29, 1.82) is 0 Å². The van der Waals surface area contributed by atoms with E-state index in [-0.39, 0.29) is 16.8 Å². The molecule has 1 N–H and O–H groups in total. The van der Waals surface area contributed by atoms with E-state index in [1.807, 2.05) is 22.6 Å². The van der Waals surface area contributed by atoms with Crippen LogP contribution in [0.5, 0.6) is 5.75 Å². The molecule has 0 fully saturated rings. The predicted molar refractivity (Wildman–Crippen MR) is 104 cm³/mol. The maximum atomic E-state index is 14.4. The molecule has 27 heavy (non-hydrogen) atoms. The van der Waals surface area contributed by atoms with Crippen LogP contribution in [0.4, 0.5) is 24.5 Å². The summed E-state index contributed by atoms with van der Waals surface area (Å²) < 4.78 is 47.9. The van der Waals surface area contributed by atoms with Crippen LogP contribution in [0.25, 0.3) is 0 Å². The Kier molecular flexibility index (Phi) is 5.69. The zero-order chi connectivity index (χ0) is 19.6. The molecule has 0 saturated carbocycles. The Hall–Kier alpha value is -2.55. The van der Waals surface area contributed by atoms with Gasteiger partial charge in [-0.05, 0) is 71.1 Å². The topological polar surface area (TPSA) is 38.3 Å². The zero-order valence-corrected chi connectivity index (χ0v) is 16.1. The van der Waals surface area contributed by atoms with Crippen molar-refractivity contribution in [2.45, 2.75) is 0 Å². The van der Waals surface area contributed by atoms with Crippen LogP contribution in [-0.2, 0) is 0 Å². The summed E-state index contributed by atoms with van der Waals surface area (Å²) in [6, 6.07) is 13.4. The highest BCUT2D eigenvalue weighted by molar-refractivity contribution is 14.1. The maximum absolute atomic E-state index is 14.4. The van der Waals surface area contributed by atoms with E-state index in [1.165, 1.54) is 37.4 Å². The molecule has 0 spiro atoms. The number of carbonyl (C=O) groups excluding carboxylic acids is 1. The summed E-state index contributed by atoms with van der Waals surface area (Å²) in [5, 5.41) is 2.50. The van der Waals surface area contributed by atoms with Crippen molar-refractivity contribution in [2.24, 2.45) is 0 Å². The summed E-state index contributed by atoms with van der Waals surface area (Å²) in [5.41, 5.74) is -0.440. The molecule has 0 aromatic heterocycles. The standard InChI is InChI=1S/C20H12F3INO2/c1-27-13-5-2-11(3-6-13)20(26)14-7-8-15(21)18(23)19(14)25-17-9-4-12(24)10-16(17)22/h2-5,7-10,25H,1H3. The lowest BCUT2D eigenvalue weighted by atomic mass is 10.0. The summed E-state index contributed by atoms with van der Waals surface area (Å²) in [4.78, 5) is 12.8. The lowest BCUT2D eigenvalue weighted by molar-refractivity contribution is 0.103. The molecule has 0 unspecified atom stereocenters. The SMILES string of the molecule is COc1[c]cc(C(=O)c2ccc(F)c(F)c2Nc2ccc(I)cc2F)cc1. The number of benzene rings is 3. The number of methoxy groups -OCH3 is 1. The van der Waals surface area contributed by atoms with Crippen molar-refractivity contribution in [3.63, 3.8) is 0 Å². The molecule has 3 aromatic carbocycles. The number of hydrogen-bond acceptors (Lipinski definition) is 3. The highest BCUT2D eigenvalue weighted by atomic mass is 127. The average molecular weight is 482 g/mol. The van der Waals surface area contributed by atoms with Gasteiger partial charge in [-0.25, -0.2) is 13.2 Å². The van der Waals surface area contributed by atoms with Gasteiger partial charge >= 0.3 is 0 Å². The van der Waals surface area contributed by atoms with E-state index < -0.39 is 28.9 Å². The van der Waals surface area contributed by atoms with Crippen molar-refractivity contribution in [3.8, 4) is 5.75 Å². The molecule has 0 amide bonds. The van der Waals surface area contributed by atoms with Gasteiger partial charge in [0.1, 0.15) is 11.6 Å². The Morgan fingerprint density at radius 1 is 1.07 bits per heavy atom. The van der Waals surface area contributed by atoms with Crippen molar-refractivity contribution in [2.75, 3.05) is 12.4 Å². The van der Waals surface area contributed by atoms with E-state index in [4.69, 9.17) is 4.74 Å². The molecule has 1 radical (unpaired) electrons. The Morgan fingerprint density at radius 3 is 2.48 bits per heavy atom. The molecule has 0 aliphatic rings. The number of ether oxygens (including phenoxy) is 1. The van der Waals surface area contributed by atoms with E-state index in [0.29, 0.717) is 9.32 Å². The highest BCUT2D eigenvalue weighted by Gasteiger charge is 2.21. The van der Waals surface area contributed by atoms with Gasteiger partial charge in [0.15, 0.2) is 17.4 Å². The number of hydrogen-bond donors (Lipinski definition) is 1. The van der Waals surface area contributed by atoms with Crippen molar-refractivity contribution < 1.29 is 22.7 Å². The van der Waals surface area contributed by atoms with Gasteiger partial charge in [0.2, 0.25) is 0 Å². The second-order valence-corrected chi connectivity index (χ2v) is 6.75. The van der Waals surface area contributed by atoms with Gasteiger partial charge in [-0.15, -0.1) is 0 Å². The van der Waals surface area contributed by atoms with Gasteiger partial charge in [-0.3, -0.25) is 4.79 Å². The number of anilines is 2. The summed E-state index contributed by atoms with van der Waals surface area (Å²) >= 11 is 1.93. The minimum Gasteiger partial charge on any atom is -0.496 e. The van der Waals surface area contributed by atoms with E-state index in [0.717, 1.165) is 12.1 Å². The van der Waals surface area contributed by atoms with Gasteiger partial charge < -0.3 is 10.1 Å². The lowest BCUT2D eigenvalue weighted by Gasteiger charge is -2.14. The molecule has 0 bridgehead atoms. The Labute approximate surface area is 167 Å². The number of rotatable bonds is 5. The minimum atomic E-state index is -1.27. The van der Waals surface area contributed by atoms with Crippen LogP contribution in [0.1, 0.15) is 15.9 Å². The molecule has 0 heterocycles. The molecule has 0 aliphatic carbocycles. The average Bonchev–Trinajstić information content (AvgIpc) is 2.67. The molecule has 137 valence electrons. The summed E-state index contributed by atoms with van der Waals surface area (Å²) in [6.45, 7) is 0. The van der Waals surface area contributed by atoms with Gasteiger partial charge in [-0.2, -0.15) is 0 Å². The van der Waals surface area contributed by atoms with Crippen LogP contribution in [0.3, 0.4) is 0 Å². The fraction of sp³-hybridized carbons (Fsp3) is 0.0500. The van der Waals surface area contributed by atoms with Gasteiger partial charge in [0.05, 0.1) is 18.5 Å². The molecular formula is C20H12F3INO2. The van der Waals surface area contributed by atoms with Crippen LogP contribution in [-0.4, -0.2) is 12.9 Å². The summed E-state index contributed by atoms with van der Waals surface area (Å²) in [5.74, 6) is -3.21. The number of carbonyl (C=O) groups is 1. The number of halogens is 4. The van der Waals surface area contributed by atoms with Crippen molar-refractivity contribution >= 4 is 39.7 Å². The van der Waals surface area contributed by atoms with Crippen molar-refractivity contribution in [1.82, 2.24) is 0 Å². The fourth-order valence-electron chi connectivity index (χ4n) is 2.42. The molecule has 7 heteroatoms. The second-order valence-electron chi connectivity index (χ2n) is 5.51. The molecule has 3 aromatic rings. The number of nitrogens with one attached hydrogen (secondary N) is 1. The van der Waals surface area contributed by atoms with Crippen molar-refractivity contribution in [3.05, 3.63) is 86.7 Å². The molecule has 0 saturated heterocycles. The molecule has 0 aliphatic heterocycles. The smallest absolute Gasteiger partial charge is 0.195 e. The first-order valence-electron chi connectivity index (χ1n) is 7.71. The fourth-order valence-corrected chi connectivity index (χ4v) is 2.88. The van der Waals surface area contributed by atoms with Gasteiger partial charge in [-0.1, -0.05) is 0 Å². The largest absolute Gasteiger partial charge is 0.496 e. The zero-order valence-electron chi connectivity index (χ0n) is 13.9. The quantitative estimate of drug-likeness (QED) is 0.386. The normalized spacial score (nSPS) is 10.6. The highest BCUT2D eigenvalue weighted by Crippen LogP contribution is 2.30. The summed E-state index contributed by atoms with van der Waals surface area (Å²) in [7, 11) is 1.46. The van der Waals surface area contributed by atoms with Crippen LogP contribution < -0.4 is 10.1 Å². The summed E-state index contributed by atoms with van der Waals surface area (Å²) in [6.07, 6.45) is 0. The maximum Gasteiger partial charge on any atom is 0.195 e. The van der Waals surface area contributed by atoms with Crippen LogP contribution >= 0.6 is 22.6 Å². The monoisotopic (exact) mass is 482 g/mol. The predicted octanol–water partition coefficient (Wildman–Crippen LogP) is 5.49. The lowest BCUT2D eigenvalue weighted by Crippen LogP contribution is -2.09. The third kappa shape index (κ3) is 4.08. The number of ketones is 1. The first-order chi connectivity index (χ1) is 12.9. The molecule has 3 rings (SSSR count). The van der Waals surface area contributed by atoms with E-state index in [2.05, 4.69) is 11.4 Å². The van der Waals surface area contributed by atoms with Crippen LogP contribution in [0, 0.1) is 27.1 Å². The second kappa shape index (κ2) is 7.99. The molecule has 0 atom stereocenters. The van der Waals surface area contributed by atoms with Crippen LogP contribution in [0.15, 0.2) is 48.5 Å². The first-order valence-corrected chi connectivity index (χ1v) is 8.79. The van der Waals surface area contributed by atoms with Gasteiger partial charge in [0, 0.05) is 20.8 Å². The Morgan fingerprint density at radius 2 is 1.85 bits per heavy atom. The Balaban J connectivity index is 2.05. The minimum absolute atomic E-state index is 0.0738.